The number of rotatable bonds is 3. The summed E-state index contributed by atoms with van der Waals surface area (Å²) in [6.07, 6.45) is 1.35. The minimum atomic E-state index is 0.252. The van der Waals surface area contributed by atoms with Gasteiger partial charge in [0.2, 0.25) is 0 Å². The van der Waals surface area contributed by atoms with Gasteiger partial charge in [0, 0.05) is 17.4 Å². The fraction of sp³-hybridized carbons (Fsp3) is 0.600. The summed E-state index contributed by atoms with van der Waals surface area (Å²) in [5.74, 6) is 2.44. The molecule has 1 aromatic rings. The minimum Gasteiger partial charge on any atom is -0.504 e. The van der Waals surface area contributed by atoms with E-state index in [0.717, 1.165) is 22.0 Å². The lowest BCUT2D eigenvalue weighted by atomic mass is 9.91. The molecule has 1 heterocycles. The molecule has 2 atom stereocenters. The number of phenolic OH excluding ortho intramolecular Hbond substituents is 1. The van der Waals surface area contributed by atoms with Crippen molar-refractivity contribution in [2.24, 2.45) is 11.8 Å². The number of nitrogens with one attached hydrogen (secondary N) is 1. The molecule has 19 heavy (non-hydrogen) atoms. The maximum Gasteiger partial charge on any atom is 0.171 e. The maximum absolute atomic E-state index is 9.87. The highest BCUT2D eigenvalue weighted by Crippen LogP contribution is 2.32. The fourth-order valence-electron chi connectivity index (χ4n) is 3.24. The summed E-state index contributed by atoms with van der Waals surface area (Å²) < 4.78 is 6.10. The van der Waals surface area contributed by atoms with Crippen LogP contribution in [0.3, 0.4) is 0 Å². The first-order valence-corrected chi connectivity index (χ1v) is 7.96. The molecule has 2 rings (SSSR count). The first kappa shape index (κ1) is 14.9. The SMILES string of the molecule is COc1cc(C[NH+]2C[C@H](C)C[C@@H](C)C2)cc(I)c1O. The van der Waals surface area contributed by atoms with Crippen LogP contribution in [-0.4, -0.2) is 25.3 Å². The summed E-state index contributed by atoms with van der Waals surface area (Å²) in [5, 5.41) is 9.87. The molecule has 2 N–H and O–H groups in total. The molecule has 0 spiro atoms. The molecule has 1 aliphatic heterocycles. The largest absolute Gasteiger partial charge is 0.504 e. The molecule has 0 aliphatic carbocycles. The normalized spacial score (nSPS) is 27.3. The number of quaternary nitrogens is 1. The molecule has 0 amide bonds. The summed E-state index contributed by atoms with van der Waals surface area (Å²) in [4.78, 5) is 1.63. The third kappa shape index (κ3) is 3.75. The van der Waals surface area contributed by atoms with E-state index < -0.39 is 0 Å². The van der Waals surface area contributed by atoms with Gasteiger partial charge in [-0.05, 0) is 41.1 Å². The molecule has 4 heteroatoms. The lowest BCUT2D eigenvalue weighted by Gasteiger charge is -2.32. The molecule has 1 saturated heterocycles. The number of methoxy groups -OCH3 is 1. The van der Waals surface area contributed by atoms with Crippen LogP contribution in [0, 0.1) is 15.4 Å². The van der Waals surface area contributed by atoms with Crippen LogP contribution in [0.1, 0.15) is 25.8 Å². The zero-order valence-corrected chi connectivity index (χ0v) is 14.0. The quantitative estimate of drug-likeness (QED) is 0.793. The van der Waals surface area contributed by atoms with E-state index in [2.05, 4.69) is 42.5 Å². The van der Waals surface area contributed by atoms with Crippen molar-refractivity contribution in [2.45, 2.75) is 26.8 Å². The standard InChI is InChI=1S/C15H22INO2/c1-10-4-11(2)8-17(7-10)9-12-5-13(16)15(18)14(6-12)19-3/h5-6,10-11,18H,4,7-9H2,1-3H3/p+1/t10-,11-/m1/s1. The second-order valence-corrected chi connectivity index (χ2v) is 7.07. The smallest absolute Gasteiger partial charge is 0.171 e. The van der Waals surface area contributed by atoms with E-state index in [1.165, 1.54) is 25.1 Å². The van der Waals surface area contributed by atoms with Crippen LogP contribution in [0.5, 0.6) is 11.5 Å². The Hall–Kier alpha value is -0.490. The Morgan fingerprint density at radius 2 is 1.95 bits per heavy atom. The molecule has 0 bridgehead atoms. The molecule has 106 valence electrons. The van der Waals surface area contributed by atoms with Gasteiger partial charge in [-0.3, -0.25) is 0 Å². The Morgan fingerprint density at radius 3 is 2.53 bits per heavy atom. The van der Waals surface area contributed by atoms with Crippen LogP contribution in [0.25, 0.3) is 0 Å². The second-order valence-electron chi connectivity index (χ2n) is 5.91. The third-order valence-electron chi connectivity index (χ3n) is 3.84. The number of halogens is 1. The first-order chi connectivity index (χ1) is 8.99. The van der Waals surface area contributed by atoms with Gasteiger partial charge < -0.3 is 14.7 Å². The summed E-state index contributed by atoms with van der Waals surface area (Å²) in [6, 6.07) is 4.03. The van der Waals surface area contributed by atoms with Crippen LogP contribution in [0.4, 0.5) is 0 Å². The number of phenols is 1. The average Bonchev–Trinajstić information content (AvgIpc) is 2.32. The first-order valence-electron chi connectivity index (χ1n) is 6.88. The molecule has 0 unspecified atom stereocenters. The van der Waals surface area contributed by atoms with Gasteiger partial charge in [0.05, 0.1) is 23.8 Å². The highest BCUT2D eigenvalue weighted by Gasteiger charge is 2.25. The van der Waals surface area contributed by atoms with Gasteiger partial charge in [-0.15, -0.1) is 0 Å². The van der Waals surface area contributed by atoms with Gasteiger partial charge in [-0.2, -0.15) is 0 Å². The molecule has 1 fully saturated rings. The van der Waals surface area contributed by atoms with Crippen molar-refractivity contribution < 1.29 is 14.7 Å². The topological polar surface area (TPSA) is 33.9 Å². The Kier molecular flexibility index (Phi) is 4.95. The fourth-order valence-corrected chi connectivity index (χ4v) is 3.91. The van der Waals surface area contributed by atoms with Crippen molar-refractivity contribution in [1.82, 2.24) is 0 Å². The van der Waals surface area contributed by atoms with Crippen LogP contribution >= 0.6 is 22.6 Å². The molecular formula is C15H23INO2+. The monoisotopic (exact) mass is 376 g/mol. The van der Waals surface area contributed by atoms with Gasteiger partial charge in [0.1, 0.15) is 6.54 Å². The van der Waals surface area contributed by atoms with Crippen molar-refractivity contribution in [3.8, 4) is 11.5 Å². The zero-order chi connectivity index (χ0) is 14.0. The van der Waals surface area contributed by atoms with E-state index in [1.807, 2.05) is 6.07 Å². The summed E-state index contributed by atoms with van der Waals surface area (Å²) in [6.45, 7) is 8.18. The van der Waals surface area contributed by atoms with Gasteiger partial charge in [0.15, 0.2) is 11.5 Å². The lowest BCUT2D eigenvalue weighted by Crippen LogP contribution is -3.13. The summed E-state index contributed by atoms with van der Waals surface area (Å²) in [5.41, 5.74) is 1.25. The van der Waals surface area contributed by atoms with E-state index in [9.17, 15) is 5.11 Å². The number of hydrogen-bond donors (Lipinski definition) is 2. The van der Waals surface area contributed by atoms with Gasteiger partial charge >= 0.3 is 0 Å². The number of ether oxygens (including phenoxy) is 1. The summed E-state index contributed by atoms with van der Waals surface area (Å²) in [7, 11) is 1.60. The maximum atomic E-state index is 9.87. The number of hydrogen-bond acceptors (Lipinski definition) is 2. The van der Waals surface area contributed by atoms with Crippen molar-refractivity contribution in [3.63, 3.8) is 0 Å². The van der Waals surface area contributed by atoms with Gasteiger partial charge in [-0.25, -0.2) is 0 Å². The molecule has 0 radical (unpaired) electrons. The number of aromatic hydroxyl groups is 1. The molecule has 0 aromatic heterocycles. The zero-order valence-electron chi connectivity index (χ0n) is 11.9. The predicted molar refractivity (Wildman–Crippen MR) is 84.7 cm³/mol. The predicted octanol–water partition coefficient (Wildman–Crippen LogP) is 2.07. The Morgan fingerprint density at radius 1 is 1.32 bits per heavy atom. The van der Waals surface area contributed by atoms with Crippen LogP contribution in [0.2, 0.25) is 0 Å². The molecule has 1 aromatic carbocycles. The van der Waals surface area contributed by atoms with E-state index in [1.54, 1.807) is 12.0 Å². The Labute approximate surface area is 129 Å². The van der Waals surface area contributed by atoms with Crippen molar-refractivity contribution in [3.05, 3.63) is 21.3 Å². The lowest BCUT2D eigenvalue weighted by molar-refractivity contribution is -0.925. The molecule has 1 aliphatic rings. The Balaban J connectivity index is 2.12. The van der Waals surface area contributed by atoms with E-state index in [0.29, 0.717) is 5.75 Å². The number of likely N-dealkylation sites (tertiary alicyclic amines) is 1. The van der Waals surface area contributed by atoms with Crippen LogP contribution in [-0.2, 0) is 6.54 Å². The highest BCUT2D eigenvalue weighted by atomic mass is 127. The highest BCUT2D eigenvalue weighted by molar-refractivity contribution is 14.1. The average molecular weight is 376 g/mol. The van der Waals surface area contributed by atoms with Crippen LogP contribution in [0.15, 0.2) is 12.1 Å². The summed E-state index contributed by atoms with van der Waals surface area (Å²) >= 11 is 2.16. The second kappa shape index (κ2) is 6.31. The van der Waals surface area contributed by atoms with Crippen molar-refractivity contribution >= 4 is 22.6 Å². The van der Waals surface area contributed by atoms with Gasteiger partial charge in [-0.1, -0.05) is 13.8 Å². The number of piperidine rings is 1. The molecular weight excluding hydrogens is 353 g/mol. The van der Waals surface area contributed by atoms with Gasteiger partial charge in [0.25, 0.3) is 0 Å². The Bertz CT molecular complexity index is 440. The van der Waals surface area contributed by atoms with E-state index in [4.69, 9.17) is 4.74 Å². The third-order valence-corrected chi connectivity index (χ3v) is 4.66. The van der Waals surface area contributed by atoms with E-state index >= 15 is 0 Å². The molecule has 3 nitrogen and oxygen atoms in total. The minimum absolute atomic E-state index is 0.252. The van der Waals surface area contributed by atoms with E-state index in [-0.39, 0.29) is 5.75 Å². The van der Waals surface area contributed by atoms with Crippen molar-refractivity contribution in [2.75, 3.05) is 20.2 Å². The van der Waals surface area contributed by atoms with Crippen molar-refractivity contribution in [1.29, 1.82) is 0 Å². The van der Waals surface area contributed by atoms with Crippen LogP contribution < -0.4 is 9.64 Å². The molecule has 0 saturated carbocycles. The number of benzene rings is 1.